The molecule has 1 heterocycles. The van der Waals surface area contributed by atoms with Crippen molar-refractivity contribution in [2.24, 2.45) is 0 Å². The fourth-order valence-corrected chi connectivity index (χ4v) is 4.84. The summed E-state index contributed by atoms with van der Waals surface area (Å²) in [6, 6.07) is 19.7. The second-order valence-electron chi connectivity index (χ2n) is 7.18. The van der Waals surface area contributed by atoms with Crippen LogP contribution in [0.1, 0.15) is 22.8 Å². The van der Waals surface area contributed by atoms with E-state index in [0.29, 0.717) is 16.7 Å². The van der Waals surface area contributed by atoms with Gasteiger partial charge in [-0.05, 0) is 54.8 Å². The molecule has 8 heteroatoms. The van der Waals surface area contributed by atoms with Gasteiger partial charge in [0, 0.05) is 6.54 Å². The third-order valence-corrected chi connectivity index (χ3v) is 7.03. The summed E-state index contributed by atoms with van der Waals surface area (Å²) in [6.45, 7) is 3.50. The van der Waals surface area contributed by atoms with E-state index in [0.717, 1.165) is 15.4 Å². The number of esters is 1. The molecule has 4 aromatic rings. The number of nitrogens with zero attached hydrogens (tertiary/aromatic N) is 2. The Balaban J connectivity index is 1.75. The number of sulfonamides is 1. The zero-order chi connectivity index (χ0) is 22.9. The van der Waals surface area contributed by atoms with E-state index in [9.17, 15) is 13.2 Å². The third kappa shape index (κ3) is 3.85. The van der Waals surface area contributed by atoms with Crippen molar-refractivity contribution < 1.29 is 22.4 Å². The molecule has 0 aliphatic rings. The van der Waals surface area contributed by atoms with E-state index in [1.807, 2.05) is 42.5 Å². The second-order valence-corrected chi connectivity index (χ2v) is 9.05. The van der Waals surface area contributed by atoms with Crippen LogP contribution in [-0.2, 0) is 14.8 Å². The molecular weight excluding hydrogens is 428 g/mol. The zero-order valence-electron chi connectivity index (χ0n) is 17.9. The molecule has 0 amide bonds. The fraction of sp³-hybridized carbons (Fsp3) is 0.167. The van der Waals surface area contributed by atoms with Crippen molar-refractivity contribution in [3.8, 4) is 11.1 Å². The number of aromatic nitrogens is 1. The lowest BCUT2D eigenvalue weighted by molar-refractivity contribution is 0.0599. The van der Waals surface area contributed by atoms with Crippen LogP contribution < -0.4 is 4.31 Å². The Labute approximate surface area is 186 Å². The van der Waals surface area contributed by atoms with E-state index in [1.54, 1.807) is 26.0 Å². The summed E-state index contributed by atoms with van der Waals surface area (Å²) in [6.07, 6.45) is 0. The molecule has 32 heavy (non-hydrogen) atoms. The van der Waals surface area contributed by atoms with Gasteiger partial charge in [0.2, 0.25) is 0 Å². The number of methoxy groups -OCH3 is 1. The van der Waals surface area contributed by atoms with Crippen LogP contribution in [0.5, 0.6) is 0 Å². The number of rotatable bonds is 6. The lowest BCUT2D eigenvalue weighted by Gasteiger charge is -2.19. The van der Waals surface area contributed by atoms with Crippen LogP contribution in [-0.4, -0.2) is 33.0 Å². The average Bonchev–Trinajstić information content (AvgIpc) is 3.22. The normalized spacial score (nSPS) is 11.5. The van der Waals surface area contributed by atoms with Crippen molar-refractivity contribution in [2.75, 3.05) is 18.0 Å². The maximum atomic E-state index is 13.4. The highest BCUT2D eigenvalue weighted by molar-refractivity contribution is 7.92. The van der Waals surface area contributed by atoms with Crippen LogP contribution in [0.25, 0.3) is 22.2 Å². The minimum atomic E-state index is -4.03. The van der Waals surface area contributed by atoms with Crippen molar-refractivity contribution in [1.82, 2.24) is 4.98 Å². The number of ether oxygens (including phenoxy) is 1. The first kappa shape index (κ1) is 21.6. The Morgan fingerprint density at radius 1 is 1.03 bits per heavy atom. The summed E-state index contributed by atoms with van der Waals surface area (Å²) < 4.78 is 38.4. The molecule has 0 saturated heterocycles. The molecule has 0 aliphatic carbocycles. The van der Waals surface area contributed by atoms with Crippen molar-refractivity contribution in [3.63, 3.8) is 0 Å². The smallest absolute Gasteiger partial charge is 0.338 e. The van der Waals surface area contributed by atoms with E-state index in [1.165, 1.54) is 19.2 Å². The number of aryl methyl sites for hydroxylation is 1. The van der Waals surface area contributed by atoms with Gasteiger partial charge in [0.05, 0.1) is 17.6 Å². The van der Waals surface area contributed by atoms with Gasteiger partial charge in [-0.15, -0.1) is 0 Å². The van der Waals surface area contributed by atoms with Gasteiger partial charge in [-0.1, -0.05) is 42.5 Å². The highest BCUT2D eigenvalue weighted by atomic mass is 32.2. The molecule has 0 saturated carbocycles. The van der Waals surface area contributed by atoms with Crippen molar-refractivity contribution >= 4 is 33.1 Å². The van der Waals surface area contributed by atoms with Crippen LogP contribution in [0.3, 0.4) is 0 Å². The molecule has 164 valence electrons. The molecular formula is C24H22N2O5S. The van der Waals surface area contributed by atoms with Gasteiger partial charge in [0.1, 0.15) is 5.52 Å². The SMILES string of the molecule is CCN(c1nc2cc(-c3ccccc3)ccc2o1)S(=O)(=O)c1ccc(C)c(C(=O)OC)c1. The van der Waals surface area contributed by atoms with Crippen LogP contribution in [0.4, 0.5) is 6.01 Å². The Bertz CT molecular complexity index is 1390. The molecule has 0 radical (unpaired) electrons. The van der Waals surface area contributed by atoms with Crippen molar-refractivity contribution in [2.45, 2.75) is 18.7 Å². The third-order valence-electron chi connectivity index (χ3n) is 5.19. The summed E-state index contributed by atoms with van der Waals surface area (Å²) in [4.78, 5) is 16.4. The molecule has 3 aromatic carbocycles. The second kappa shape index (κ2) is 8.47. The maximum absolute atomic E-state index is 13.4. The minimum absolute atomic E-state index is 0.0343. The van der Waals surface area contributed by atoms with Crippen LogP contribution in [0.2, 0.25) is 0 Å². The lowest BCUT2D eigenvalue weighted by Crippen LogP contribution is -2.31. The predicted octanol–water partition coefficient (Wildman–Crippen LogP) is 4.81. The van der Waals surface area contributed by atoms with E-state index < -0.39 is 16.0 Å². The molecule has 0 spiro atoms. The summed E-state index contributed by atoms with van der Waals surface area (Å²) in [5, 5.41) is 0. The van der Waals surface area contributed by atoms with Gasteiger partial charge < -0.3 is 9.15 Å². The van der Waals surface area contributed by atoms with E-state index in [4.69, 9.17) is 9.15 Å². The molecule has 0 aliphatic heterocycles. The summed E-state index contributed by atoms with van der Waals surface area (Å²) in [5.74, 6) is -0.599. The molecule has 0 N–H and O–H groups in total. The molecule has 0 fully saturated rings. The first-order valence-corrected chi connectivity index (χ1v) is 11.5. The number of hydrogen-bond donors (Lipinski definition) is 0. The molecule has 4 rings (SSSR count). The quantitative estimate of drug-likeness (QED) is 0.392. The monoisotopic (exact) mass is 450 g/mol. The highest BCUT2D eigenvalue weighted by Crippen LogP contribution is 2.30. The molecule has 0 bridgehead atoms. The van der Waals surface area contributed by atoms with Gasteiger partial charge in [-0.25, -0.2) is 17.5 Å². The average molecular weight is 451 g/mol. The van der Waals surface area contributed by atoms with E-state index >= 15 is 0 Å². The maximum Gasteiger partial charge on any atom is 0.338 e. The Hall–Kier alpha value is -3.65. The van der Waals surface area contributed by atoms with Crippen LogP contribution in [0.15, 0.2) is 76.0 Å². The summed E-state index contributed by atoms with van der Waals surface area (Å²) >= 11 is 0. The number of carbonyl (C=O) groups is 1. The first-order chi connectivity index (χ1) is 15.3. The van der Waals surface area contributed by atoms with E-state index in [2.05, 4.69) is 4.98 Å². The number of benzene rings is 3. The minimum Gasteiger partial charge on any atom is -0.465 e. The molecule has 0 atom stereocenters. The Morgan fingerprint density at radius 3 is 2.47 bits per heavy atom. The predicted molar refractivity (Wildman–Crippen MR) is 122 cm³/mol. The van der Waals surface area contributed by atoms with Gasteiger partial charge in [-0.2, -0.15) is 4.98 Å². The summed E-state index contributed by atoms with van der Waals surface area (Å²) in [5.41, 5.74) is 3.81. The topological polar surface area (TPSA) is 89.7 Å². The number of hydrogen-bond acceptors (Lipinski definition) is 6. The Morgan fingerprint density at radius 2 is 1.78 bits per heavy atom. The number of carbonyl (C=O) groups excluding carboxylic acids is 1. The molecule has 0 unspecified atom stereocenters. The van der Waals surface area contributed by atoms with Gasteiger partial charge in [0.25, 0.3) is 10.0 Å². The Kier molecular flexibility index (Phi) is 5.71. The standard InChI is InChI=1S/C24H22N2O5S/c1-4-26(32(28,29)19-12-10-16(2)20(15-19)23(27)30-3)24-25-21-14-18(11-13-22(21)31-24)17-8-6-5-7-9-17/h5-15H,4H2,1-3H3. The van der Waals surface area contributed by atoms with Crippen molar-refractivity contribution in [3.05, 3.63) is 77.9 Å². The largest absolute Gasteiger partial charge is 0.465 e. The van der Waals surface area contributed by atoms with Crippen molar-refractivity contribution in [1.29, 1.82) is 0 Å². The molecule has 7 nitrogen and oxygen atoms in total. The molecule has 1 aromatic heterocycles. The lowest BCUT2D eigenvalue weighted by atomic mass is 10.1. The zero-order valence-corrected chi connectivity index (χ0v) is 18.7. The summed E-state index contributed by atoms with van der Waals surface area (Å²) in [7, 11) is -2.77. The van der Waals surface area contributed by atoms with Crippen LogP contribution >= 0.6 is 0 Å². The van der Waals surface area contributed by atoms with E-state index in [-0.39, 0.29) is 23.0 Å². The number of anilines is 1. The van der Waals surface area contributed by atoms with Gasteiger partial charge >= 0.3 is 12.0 Å². The van der Waals surface area contributed by atoms with Crippen LogP contribution in [0, 0.1) is 6.92 Å². The van der Waals surface area contributed by atoms with Gasteiger partial charge in [-0.3, -0.25) is 0 Å². The highest BCUT2D eigenvalue weighted by Gasteiger charge is 2.29. The van der Waals surface area contributed by atoms with Gasteiger partial charge in [0.15, 0.2) is 5.58 Å². The number of fused-ring (bicyclic) bond motifs is 1. The fourth-order valence-electron chi connectivity index (χ4n) is 3.46. The first-order valence-electron chi connectivity index (χ1n) is 10.0. The number of oxazole rings is 1.